The number of aromatic nitrogens is 3. The molecular weight excluding hydrogens is 446 g/mol. The third-order valence-electron chi connectivity index (χ3n) is 3.89. The van der Waals surface area contributed by atoms with Gasteiger partial charge < -0.3 is 4.90 Å². The van der Waals surface area contributed by atoms with Crippen LogP contribution in [0.1, 0.15) is 11.4 Å². The van der Waals surface area contributed by atoms with Crippen molar-refractivity contribution < 1.29 is 12.8 Å². The summed E-state index contributed by atoms with van der Waals surface area (Å²) in [5.74, 6) is -0.678. The molecule has 0 atom stereocenters. The van der Waals surface area contributed by atoms with Crippen LogP contribution >= 0.6 is 35.8 Å². The van der Waals surface area contributed by atoms with Gasteiger partial charge >= 0.3 is 0 Å². The average molecular weight is 465 g/mol. The van der Waals surface area contributed by atoms with E-state index in [1.165, 1.54) is 22.3 Å². The number of halogens is 3. The Balaban J connectivity index is 0.00000280. The fourth-order valence-corrected chi connectivity index (χ4v) is 5.39. The van der Waals surface area contributed by atoms with Crippen molar-refractivity contribution in [3.05, 3.63) is 46.5 Å². The van der Waals surface area contributed by atoms with Crippen molar-refractivity contribution in [2.45, 2.75) is 28.3 Å². The molecule has 3 aromatic rings. The molecule has 28 heavy (non-hydrogen) atoms. The van der Waals surface area contributed by atoms with Gasteiger partial charge in [0.1, 0.15) is 10.8 Å². The van der Waals surface area contributed by atoms with Crippen LogP contribution in [-0.2, 0) is 16.4 Å². The largest absolute Gasteiger partial charge is 0.304 e. The second kappa shape index (κ2) is 8.54. The van der Waals surface area contributed by atoms with E-state index in [9.17, 15) is 12.8 Å². The maximum Gasteiger partial charge on any atom is 0.213 e. The van der Waals surface area contributed by atoms with Crippen molar-refractivity contribution in [2.75, 3.05) is 20.4 Å². The fraction of sp³-hybridized carbons (Fsp3) is 0.294. The molecule has 1 aromatic carbocycles. The van der Waals surface area contributed by atoms with Crippen LogP contribution in [0, 0.1) is 12.7 Å². The molecule has 0 N–H and O–H groups in total. The summed E-state index contributed by atoms with van der Waals surface area (Å²) in [6.07, 6.45) is 1.74. The molecular formula is C17H19Cl2FN4O2S2. The molecule has 2 aromatic heterocycles. The SMILES string of the molecule is CSc1nn2c(C)cc(CN(C)C)nc2c1S(=O)(=O)c1ccc(F)c(Cl)c1.Cl. The second-order valence-corrected chi connectivity index (χ2v) is 9.37. The van der Waals surface area contributed by atoms with Crippen molar-refractivity contribution >= 4 is 51.3 Å². The van der Waals surface area contributed by atoms with Gasteiger partial charge in [-0.3, -0.25) is 0 Å². The minimum Gasteiger partial charge on any atom is -0.304 e. The lowest BCUT2D eigenvalue weighted by Crippen LogP contribution is -2.13. The molecule has 0 amide bonds. The first kappa shape index (κ1) is 22.9. The first-order valence-corrected chi connectivity index (χ1v) is 11.0. The van der Waals surface area contributed by atoms with Gasteiger partial charge in [-0.1, -0.05) is 11.6 Å². The van der Waals surface area contributed by atoms with Crippen LogP contribution in [0.15, 0.2) is 39.1 Å². The van der Waals surface area contributed by atoms with Gasteiger partial charge in [-0.15, -0.1) is 24.2 Å². The molecule has 0 bridgehead atoms. The van der Waals surface area contributed by atoms with Gasteiger partial charge in [0.2, 0.25) is 9.84 Å². The predicted molar refractivity (Wildman–Crippen MR) is 111 cm³/mol. The summed E-state index contributed by atoms with van der Waals surface area (Å²) in [4.78, 5) is 6.38. The number of aryl methyl sites for hydroxylation is 1. The lowest BCUT2D eigenvalue weighted by Gasteiger charge is -2.11. The van der Waals surface area contributed by atoms with Crippen LogP contribution in [0.3, 0.4) is 0 Å². The summed E-state index contributed by atoms with van der Waals surface area (Å²) in [7, 11) is -0.186. The van der Waals surface area contributed by atoms with E-state index in [4.69, 9.17) is 11.6 Å². The van der Waals surface area contributed by atoms with E-state index in [1.54, 1.807) is 6.26 Å². The Hall–Kier alpha value is -1.39. The third kappa shape index (κ3) is 4.13. The van der Waals surface area contributed by atoms with E-state index in [1.807, 2.05) is 32.0 Å². The summed E-state index contributed by atoms with van der Waals surface area (Å²) >= 11 is 7.00. The van der Waals surface area contributed by atoms with Gasteiger partial charge in [-0.05, 0) is 51.5 Å². The lowest BCUT2D eigenvalue weighted by atomic mass is 10.3. The number of sulfone groups is 1. The molecule has 6 nitrogen and oxygen atoms in total. The summed E-state index contributed by atoms with van der Waals surface area (Å²) in [5.41, 5.74) is 1.74. The summed E-state index contributed by atoms with van der Waals surface area (Å²) in [6.45, 7) is 2.40. The van der Waals surface area contributed by atoms with Crippen LogP contribution in [-0.4, -0.2) is 48.3 Å². The quantitative estimate of drug-likeness (QED) is 0.421. The van der Waals surface area contributed by atoms with E-state index in [-0.39, 0.29) is 32.9 Å². The molecule has 0 aliphatic rings. The zero-order valence-electron chi connectivity index (χ0n) is 15.6. The van der Waals surface area contributed by atoms with Gasteiger partial charge in [0, 0.05) is 12.2 Å². The zero-order valence-corrected chi connectivity index (χ0v) is 18.8. The average Bonchev–Trinajstić information content (AvgIpc) is 2.96. The van der Waals surface area contributed by atoms with Crippen molar-refractivity contribution in [2.24, 2.45) is 0 Å². The monoisotopic (exact) mass is 464 g/mol. The van der Waals surface area contributed by atoms with Crippen molar-refractivity contribution in [1.82, 2.24) is 19.5 Å². The fourth-order valence-electron chi connectivity index (χ4n) is 2.73. The molecule has 0 aliphatic heterocycles. The number of rotatable bonds is 5. The highest BCUT2D eigenvalue weighted by Crippen LogP contribution is 2.34. The van der Waals surface area contributed by atoms with Crippen LogP contribution in [0.5, 0.6) is 0 Å². The molecule has 2 heterocycles. The zero-order chi connectivity index (χ0) is 19.9. The number of thioether (sulfide) groups is 1. The van der Waals surface area contributed by atoms with Crippen LogP contribution < -0.4 is 0 Å². The summed E-state index contributed by atoms with van der Waals surface area (Å²) in [5, 5.41) is 4.47. The minimum atomic E-state index is -4.00. The molecule has 152 valence electrons. The normalized spacial score (nSPS) is 11.8. The Kier molecular flexibility index (Phi) is 6.99. The number of hydrogen-bond acceptors (Lipinski definition) is 6. The highest BCUT2D eigenvalue weighted by atomic mass is 35.5. The first-order chi connectivity index (χ1) is 12.6. The van der Waals surface area contributed by atoms with E-state index >= 15 is 0 Å². The van der Waals surface area contributed by atoms with E-state index in [0.717, 1.165) is 23.5 Å². The lowest BCUT2D eigenvalue weighted by molar-refractivity contribution is 0.396. The van der Waals surface area contributed by atoms with E-state index in [0.29, 0.717) is 11.6 Å². The van der Waals surface area contributed by atoms with Crippen LogP contribution in [0.4, 0.5) is 4.39 Å². The van der Waals surface area contributed by atoms with Crippen LogP contribution in [0.25, 0.3) is 5.65 Å². The highest BCUT2D eigenvalue weighted by Gasteiger charge is 2.29. The van der Waals surface area contributed by atoms with Gasteiger partial charge in [0.15, 0.2) is 10.5 Å². The molecule has 0 saturated heterocycles. The van der Waals surface area contributed by atoms with Gasteiger partial charge in [0.25, 0.3) is 0 Å². The smallest absolute Gasteiger partial charge is 0.213 e. The summed E-state index contributed by atoms with van der Waals surface area (Å²) < 4.78 is 41.6. The molecule has 0 unspecified atom stereocenters. The Bertz CT molecular complexity index is 1130. The van der Waals surface area contributed by atoms with E-state index in [2.05, 4.69) is 10.1 Å². The molecule has 3 rings (SSSR count). The number of hydrogen-bond donors (Lipinski definition) is 0. The number of nitrogens with zero attached hydrogens (tertiary/aromatic N) is 4. The molecule has 0 aliphatic carbocycles. The number of benzene rings is 1. The molecule has 11 heteroatoms. The molecule has 0 fully saturated rings. The van der Waals surface area contributed by atoms with Crippen LogP contribution in [0.2, 0.25) is 5.02 Å². The van der Waals surface area contributed by atoms with E-state index < -0.39 is 15.7 Å². The van der Waals surface area contributed by atoms with Crippen molar-refractivity contribution in [3.8, 4) is 0 Å². The second-order valence-electron chi connectivity index (χ2n) is 6.28. The summed E-state index contributed by atoms with van der Waals surface area (Å²) in [6, 6.07) is 5.21. The Morgan fingerprint density at radius 2 is 1.96 bits per heavy atom. The first-order valence-electron chi connectivity index (χ1n) is 7.93. The third-order valence-corrected chi connectivity index (χ3v) is 6.77. The van der Waals surface area contributed by atoms with Crippen molar-refractivity contribution in [1.29, 1.82) is 0 Å². The predicted octanol–water partition coefficient (Wildman–Crippen LogP) is 3.87. The van der Waals surface area contributed by atoms with Gasteiger partial charge in [-0.25, -0.2) is 22.3 Å². The number of fused-ring (bicyclic) bond motifs is 1. The highest BCUT2D eigenvalue weighted by molar-refractivity contribution is 7.99. The topological polar surface area (TPSA) is 67.6 Å². The maximum absolute atomic E-state index is 13.5. The maximum atomic E-state index is 13.5. The molecule has 0 spiro atoms. The van der Waals surface area contributed by atoms with Crippen molar-refractivity contribution in [3.63, 3.8) is 0 Å². The van der Waals surface area contributed by atoms with Gasteiger partial charge in [-0.2, -0.15) is 5.10 Å². The minimum absolute atomic E-state index is 0. The Morgan fingerprint density at radius 3 is 2.54 bits per heavy atom. The Labute approximate surface area is 178 Å². The Morgan fingerprint density at radius 1 is 1.29 bits per heavy atom. The molecule has 0 saturated carbocycles. The van der Waals surface area contributed by atoms with Gasteiger partial charge in [0.05, 0.1) is 15.6 Å². The standard InChI is InChI=1S/C17H18ClFN4O2S2.ClH/c1-10-7-11(9-22(2)3)20-16-15(17(26-4)21-23(10)16)27(24,25)12-5-6-14(19)13(18)8-12;/h5-8H,9H2,1-4H3;1H. The molecule has 0 radical (unpaired) electrons.